The van der Waals surface area contributed by atoms with Crippen molar-refractivity contribution in [2.24, 2.45) is 0 Å². The predicted molar refractivity (Wildman–Crippen MR) is 67.2 cm³/mol. The highest BCUT2D eigenvalue weighted by Crippen LogP contribution is 2.32. The number of ether oxygens (including phenoxy) is 1. The van der Waals surface area contributed by atoms with Crippen LogP contribution in [0.3, 0.4) is 0 Å². The van der Waals surface area contributed by atoms with Gasteiger partial charge in [0.25, 0.3) is 0 Å². The van der Waals surface area contributed by atoms with Gasteiger partial charge < -0.3 is 10.1 Å². The number of hydrogen-bond donors (Lipinski definition) is 1. The zero-order chi connectivity index (χ0) is 11.4. The molecule has 1 aromatic carbocycles. The van der Waals surface area contributed by atoms with E-state index in [2.05, 4.69) is 11.4 Å². The van der Waals surface area contributed by atoms with Gasteiger partial charge in [-0.3, -0.25) is 0 Å². The molecule has 1 unspecified atom stereocenters. The summed E-state index contributed by atoms with van der Waals surface area (Å²) < 4.78 is 5.40. The SMILES string of the molecule is COc1cc(Cl)ccc1C1CCCCCN1. The van der Waals surface area contributed by atoms with E-state index in [0.29, 0.717) is 6.04 Å². The van der Waals surface area contributed by atoms with E-state index in [1.165, 1.54) is 31.2 Å². The first kappa shape index (κ1) is 11.7. The number of rotatable bonds is 2. The first-order valence-corrected chi connectivity index (χ1v) is 6.26. The highest BCUT2D eigenvalue weighted by molar-refractivity contribution is 6.30. The average molecular weight is 240 g/mol. The molecule has 1 N–H and O–H groups in total. The van der Waals surface area contributed by atoms with Crippen LogP contribution in [-0.2, 0) is 0 Å². The molecular weight excluding hydrogens is 222 g/mol. The maximum Gasteiger partial charge on any atom is 0.125 e. The molecular formula is C13H18ClNO. The van der Waals surface area contributed by atoms with E-state index < -0.39 is 0 Å². The fourth-order valence-electron chi connectivity index (χ4n) is 2.27. The first-order chi connectivity index (χ1) is 7.81. The molecule has 1 fully saturated rings. The van der Waals surface area contributed by atoms with Crippen molar-refractivity contribution in [3.63, 3.8) is 0 Å². The Hall–Kier alpha value is -0.730. The molecule has 0 spiro atoms. The summed E-state index contributed by atoms with van der Waals surface area (Å²) in [6, 6.07) is 6.31. The molecule has 1 atom stereocenters. The van der Waals surface area contributed by atoms with Gasteiger partial charge in [0.05, 0.1) is 7.11 Å². The van der Waals surface area contributed by atoms with Crippen LogP contribution in [0, 0.1) is 0 Å². The first-order valence-electron chi connectivity index (χ1n) is 5.88. The quantitative estimate of drug-likeness (QED) is 0.852. The van der Waals surface area contributed by atoms with Crippen LogP contribution >= 0.6 is 11.6 Å². The zero-order valence-electron chi connectivity index (χ0n) is 9.63. The van der Waals surface area contributed by atoms with Gasteiger partial charge in [-0.25, -0.2) is 0 Å². The van der Waals surface area contributed by atoms with Crippen LogP contribution in [0.2, 0.25) is 5.02 Å². The van der Waals surface area contributed by atoms with Crippen molar-refractivity contribution in [3.8, 4) is 5.75 Å². The Morgan fingerprint density at radius 2 is 2.19 bits per heavy atom. The van der Waals surface area contributed by atoms with Crippen LogP contribution in [0.5, 0.6) is 5.75 Å². The van der Waals surface area contributed by atoms with Crippen LogP contribution in [0.1, 0.15) is 37.3 Å². The van der Waals surface area contributed by atoms with E-state index >= 15 is 0 Å². The largest absolute Gasteiger partial charge is 0.496 e. The van der Waals surface area contributed by atoms with Crippen molar-refractivity contribution < 1.29 is 4.74 Å². The minimum Gasteiger partial charge on any atom is -0.496 e. The van der Waals surface area contributed by atoms with Crippen LogP contribution in [0.25, 0.3) is 0 Å². The molecule has 0 saturated carbocycles. The second kappa shape index (κ2) is 5.55. The van der Waals surface area contributed by atoms with Crippen molar-refractivity contribution in [2.45, 2.75) is 31.7 Å². The predicted octanol–water partition coefficient (Wildman–Crippen LogP) is 3.55. The summed E-state index contributed by atoms with van der Waals surface area (Å²) in [5.74, 6) is 0.895. The third kappa shape index (κ3) is 2.69. The average Bonchev–Trinajstić information content (AvgIpc) is 2.57. The Labute approximate surface area is 102 Å². The Morgan fingerprint density at radius 3 is 3.00 bits per heavy atom. The molecule has 88 valence electrons. The molecule has 0 aliphatic carbocycles. The van der Waals surface area contributed by atoms with E-state index in [0.717, 1.165) is 17.3 Å². The van der Waals surface area contributed by atoms with Gasteiger partial charge in [0.15, 0.2) is 0 Å². The molecule has 2 rings (SSSR count). The van der Waals surface area contributed by atoms with E-state index in [1.54, 1.807) is 7.11 Å². The van der Waals surface area contributed by atoms with Gasteiger partial charge in [0.2, 0.25) is 0 Å². The molecule has 0 bridgehead atoms. The molecule has 0 aromatic heterocycles. The molecule has 1 aliphatic heterocycles. The number of methoxy groups -OCH3 is 1. The summed E-state index contributed by atoms with van der Waals surface area (Å²) in [4.78, 5) is 0. The number of halogens is 1. The lowest BCUT2D eigenvalue weighted by molar-refractivity contribution is 0.398. The maximum atomic E-state index is 5.97. The lowest BCUT2D eigenvalue weighted by atomic mass is 10.0. The molecule has 16 heavy (non-hydrogen) atoms. The smallest absolute Gasteiger partial charge is 0.125 e. The zero-order valence-corrected chi connectivity index (χ0v) is 10.4. The Balaban J connectivity index is 2.23. The Kier molecular flexibility index (Phi) is 4.08. The molecule has 1 heterocycles. The van der Waals surface area contributed by atoms with Gasteiger partial charge in [0.1, 0.15) is 5.75 Å². The van der Waals surface area contributed by atoms with E-state index in [4.69, 9.17) is 16.3 Å². The monoisotopic (exact) mass is 239 g/mol. The van der Waals surface area contributed by atoms with Crippen LogP contribution in [0.4, 0.5) is 0 Å². The topological polar surface area (TPSA) is 21.3 Å². The van der Waals surface area contributed by atoms with E-state index in [-0.39, 0.29) is 0 Å². The Morgan fingerprint density at radius 1 is 1.31 bits per heavy atom. The lowest BCUT2D eigenvalue weighted by Crippen LogP contribution is -2.20. The summed E-state index contributed by atoms with van der Waals surface area (Å²) in [5, 5.41) is 4.30. The minimum atomic E-state index is 0.412. The third-order valence-electron chi connectivity index (χ3n) is 3.13. The van der Waals surface area contributed by atoms with E-state index in [9.17, 15) is 0 Å². The lowest BCUT2D eigenvalue weighted by Gasteiger charge is -2.19. The summed E-state index contributed by atoms with van der Waals surface area (Å²) >= 11 is 5.97. The van der Waals surface area contributed by atoms with Gasteiger partial charge in [-0.2, -0.15) is 0 Å². The van der Waals surface area contributed by atoms with Crippen LogP contribution in [0.15, 0.2) is 18.2 Å². The van der Waals surface area contributed by atoms with Crippen molar-refractivity contribution in [1.29, 1.82) is 0 Å². The van der Waals surface area contributed by atoms with Crippen molar-refractivity contribution in [1.82, 2.24) is 5.32 Å². The fraction of sp³-hybridized carbons (Fsp3) is 0.538. The summed E-state index contributed by atoms with van der Waals surface area (Å²) in [5.41, 5.74) is 1.23. The summed E-state index contributed by atoms with van der Waals surface area (Å²) in [6.07, 6.45) is 5.05. The molecule has 2 nitrogen and oxygen atoms in total. The molecule has 3 heteroatoms. The molecule has 1 saturated heterocycles. The fourth-order valence-corrected chi connectivity index (χ4v) is 2.43. The van der Waals surface area contributed by atoms with Gasteiger partial charge in [-0.1, -0.05) is 30.5 Å². The van der Waals surface area contributed by atoms with Gasteiger partial charge in [-0.05, 0) is 31.5 Å². The summed E-state index contributed by atoms with van der Waals surface area (Å²) in [7, 11) is 1.70. The highest BCUT2D eigenvalue weighted by Gasteiger charge is 2.17. The normalized spacial score (nSPS) is 21.5. The molecule has 0 amide bonds. The van der Waals surface area contributed by atoms with Crippen LogP contribution < -0.4 is 10.1 Å². The Bertz CT molecular complexity index is 346. The highest BCUT2D eigenvalue weighted by atomic mass is 35.5. The molecule has 0 radical (unpaired) electrons. The van der Waals surface area contributed by atoms with Crippen molar-refractivity contribution >= 4 is 11.6 Å². The van der Waals surface area contributed by atoms with Crippen molar-refractivity contribution in [3.05, 3.63) is 28.8 Å². The molecule has 1 aromatic rings. The van der Waals surface area contributed by atoms with Gasteiger partial charge >= 0.3 is 0 Å². The van der Waals surface area contributed by atoms with E-state index in [1.807, 2.05) is 12.1 Å². The van der Waals surface area contributed by atoms with Crippen molar-refractivity contribution in [2.75, 3.05) is 13.7 Å². The van der Waals surface area contributed by atoms with Gasteiger partial charge in [0, 0.05) is 16.6 Å². The third-order valence-corrected chi connectivity index (χ3v) is 3.37. The molecule has 1 aliphatic rings. The second-order valence-electron chi connectivity index (χ2n) is 4.24. The minimum absolute atomic E-state index is 0.412. The number of hydrogen-bond acceptors (Lipinski definition) is 2. The standard InChI is InChI=1S/C13H18ClNO/c1-16-13-9-10(14)6-7-11(13)12-5-3-2-4-8-15-12/h6-7,9,12,15H,2-5,8H2,1H3. The summed E-state index contributed by atoms with van der Waals surface area (Å²) in [6.45, 7) is 1.09. The van der Waals surface area contributed by atoms with Crippen LogP contribution in [-0.4, -0.2) is 13.7 Å². The maximum absolute atomic E-state index is 5.97. The number of nitrogens with one attached hydrogen (secondary N) is 1. The second-order valence-corrected chi connectivity index (χ2v) is 4.68. The van der Waals surface area contributed by atoms with Gasteiger partial charge in [-0.15, -0.1) is 0 Å². The number of benzene rings is 1.